The Labute approximate surface area is 182 Å². The predicted octanol–water partition coefficient (Wildman–Crippen LogP) is 4.29. The molecule has 0 aliphatic carbocycles. The minimum atomic E-state index is -2.95. The maximum Gasteiger partial charge on any atom is 0.387 e. The average Bonchev–Trinajstić information content (AvgIpc) is 3.22. The van der Waals surface area contributed by atoms with Gasteiger partial charge in [0.05, 0.1) is 7.11 Å². The Balaban J connectivity index is 1.45. The lowest BCUT2D eigenvalue weighted by Gasteiger charge is -2.11. The van der Waals surface area contributed by atoms with Gasteiger partial charge in [-0.2, -0.15) is 13.8 Å². The molecular weight excluding hydrogens is 432 g/mol. The third-order valence-electron chi connectivity index (χ3n) is 4.32. The lowest BCUT2D eigenvalue weighted by atomic mass is 10.1. The Morgan fingerprint density at radius 2 is 1.94 bits per heavy atom. The van der Waals surface area contributed by atoms with Gasteiger partial charge in [-0.3, -0.25) is 4.79 Å². The number of benzene rings is 2. The molecule has 0 aliphatic heterocycles. The van der Waals surface area contributed by atoms with Crippen molar-refractivity contribution >= 4 is 17.5 Å². The number of hydrogen-bond donors (Lipinski definition) is 1. The number of aromatic nitrogens is 2. The van der Waals surface area contributed by atoms with Crippen molar-refractivity contribution in [2.45, 2.75) is 25.9 Å². The first-order valence-electron chi connectivity index (χ1n) is 9.41. The van der Waals surface area contributed by atoms with E-state index >= 15 is 0 Å². The van der Waals surface area contributed by atoms with E-state index in [1.165, 1.54) is 13.2 Å². The summed E-state index contributed by atoms with van der Waals surface area (Å²) in [6.45, 7) is -2.62. The van der Waals surface area contributed by atoms with Crippen molar-refractivity contribution < 1.29 is 27.6 Å². The Bertz CT molecular complexity index is 1010. The van der Waals surface area contributed by atoms with Crippen LogP contribution in [0, 0.1) is 0 Å². The molecule has 0 saturated carbocycles. The second kappa shape index (κ2) is 10.7. The molecule has 2 aromatic carbocycles. The summed E-state index contributed by atoms with van der Waals surface area (Å²) >= 11 is 5.86. The van der Waals surface area contributed by atoms with Crippen molar-refractivity contribution in [1.82, 2.24) is 15.5 Å². The first-order chi connectivity index (χ1) is 14.9. The predicted molar refractivity (Wildman–Crippen MR) is 109 cm³/mol. The molecule has 0 spiro atoms. The van der Waals surface area contributed by atoms with Gasteiger partial charge in [-0.15, -0.1) is 0 Å². The van der Waals surface area contributed by atoms with Crippen molar-refractivity contribution in [3.05, 3.63) is 58.9 Å². The lowest BCUT2D eigenvalue weighted by molar-refractivity contribution is -0.121. The smallest absolute Gasteiger partial charge is 0.387 e. The van der Waals surface area contributed by atoms with E-state index in [1.807, 2.05) is 0 Å². The third-order valence-corrected chi connectivity index (χ3v) is 4.57. The number of rotatable bonds is 10. The van der Waals surface area contributed by atoms with Gasteiger partial charge in [0.25, 0.3) is 0 Å². The highest BCUT2D eigenvalue weighted by Crippen LogP contribution is 2.29. The summed E-state index contributed by atoms with van der Waals surface area (Å²) in [6, 6.07) is 11.7. The molecular formula is C21H20ClF2N3O4. The first kappa shape index (κ1) is 22.5. The highest BCUT2D eigenvalue weighted by Gasteiger charge is 2.13. The van der Waals surface area contributed by atoms with Gasteiger partial charge < -0.3 is 19.3 Å². The summed E-state index contributed by atoms with van der Waals surface area (Å²) in [6.07, 6.45) is 0.905. The van der Waals surface area contributed by atoms with Crippen LogP contribution in [0.15, 0.2) is 47.0 Å². The summed E-state index contributed by atoms with van der Waals surface area (Å²) in [5.74, 6) is 0.751. The largest absolute Gasteiger partial charge is 0.493 e. The number of methoxy groups -OCH3 is 1. The number of amides is 1. The second-order valence-electron chi connectivity index (χ2n) is 6.48. The van der Waals surface area contributed by atoms with E-state index in [9.17, 15) is 13.6 Å². The standard InChI is InChI=1S/C21H20ClF2N3O4/c1-29-16-7-2-13(12-17(16)30-21(23)24)10-11-25-18(28)8-9-19-26-20(27-31-19)14-3-5-15(22)6-4-14/h2-7,12,21H,8-11H2,1H3,(H,25,28). The van der Waals surface area contributed by atoms with E-state index in [0.717, 1.165) is 11.1 Å². The van der Waals surface area contributed by atoms with Crippen molar-refractivity contribution in [2.75, 3.05) is 13.7 Å². The molecule has 0 atom stereocenters. The van der Waals surface area contributed by atoms with Gasteiger partial charge in [0.15, 0.2) is 11.5 Å². The fraction of sp³-hybridized carbons (Fsp3) is 0.286. The lowest BCUT2D eigenvalue weighted by Crippen LogP contribution is -2.25. The van der Waals surface area contributed by atoms with Crippen molar-refractivity contribution in [3.8, 4) is 22.9 Å². The molecule has 3 aromatic rings. The van der Waals surface area contributed by atoms with Gasteiger partial charge in [0.1, 0.15) is 0 Å². The normalized spacial score (nSPS) is 10.9. The van der Waals surface area contributed by atoms with Crippen LogP contribution < -0.4 is 14.8 Å². The summed E-state index contributed by atoms with van der Waals surface area (Å²) in [5, 5.41) is 7.28. The minimum absolute atomic E-state index is 0.0470. The number of ether oxygens (including phenoxy) is 2. The third kappa shape index (κ3) is 6.65. The summed E-state index contributed by atoms with van der Waals surface area (Å²) < 4.78 is 39.6. The number of halogens is 3. The molecule has 1 N–H and O–H groups in total. The van der Waals surface area contributed by atoms with Gasteiger partial charge in [-0.1, -0.05) is 22.8 Å². The Kier molecular flexibility index (Phi) is 7.77. The van der Waals surface area contributed by atoms with Crippen molar-refractivity contribution in [1.29, 1.82) is 0 Å². The zero-order valence-electron chi connectivity index (χ0n) is 16.6. The number of hydrogen-bond acceptors (Lipinski definition) is 6. The molecule has 0 fully saturated rings. The van der Waals surface area contributed by atoms with Gasteiger partial charge in [-0.05, 0) is 48.4 Å². The van der Waals surface area contributed by atoms with E-state index in [2.05, 4.69) is 20.2 Å². The second-order valence-corrected chi connectivity index (χ2v) is 6.92. The molecule has 7 nitrogen and oxygen atoms in total. The van der Waals surface area contributed by atoms with Crippen molar-refractivity contribution in [3.63, 3.8) is 0 Å². The fourth-order valence-electron chi connectivity index (χ4n) is 2.79. The van der Waals surface area contributed by atoms with Crippen molar-refractivity contribution in [2.24, 2.45) is 0 Å². The number of carbonyl (C=O) groups excluding carboxylic acids is 1. The number of aryl methyl sites for hydroxylation is 1. The Morgan fingerprint density at radius 1 is 1.16 bits per heavy atom. The van der Waals surface area contributed by atoms with Crippen LogP contribution in [0.1, 0.15) is 17.9 Å². The molecule has 1 amide bonds. The maximum absolute atomic E-state index is 12.5. The van der Waals surface area contributed by atoms with Gasteiger partial charge in [-0.25, -0.2) is 0 Å². The number of carbonyl (C=O) groups is 1. The monoisotopic (exact) mass is 451 g/mol. The number of nitrogens with zero attached hydrogens (tertiary/aromatic N) is 2. The van der Waals surface area contributed by atoms with E-state index in [4.69, 9.17) is 20.9 Å². The van der Waals surface area contributed by atoms with E-state index in [0.29, 0.717) is 36.1 Å². The van der Waals surface area contributed by atoms with Gasteiger partial charge in [0.2, 0.25) is 17.6 Å². The zero-order chi connectivity index (χ0) is 22.2. The van der Waals surface area contributed by atoms with Crippen LogP contribution in [0.5, 0.6) is 11.5 Å². The summed E-state index contributed by atoms with van der Waals surface area (Å²) in [4.78, 5) is 16.3. The van der Waals surface area contributed by atoms with Crippen LogP contribution in [-0.4, -0.2) is 36.3 Å². The molecule has 0 radical (unpaired) electrons. The van der Waals surface area contributed by atoms with E-state index < -0.39 is 6.61 Å². The topological polar surface area (TPSA) is 86.5 Å². The molecule has 31 heavy (non-hydrogen) atoms. The van der Waals surface area contributed by atoms with Crippen LogP contribution in [-0.2, 0) is 17.6 Å². The average molecular weight is 452 g/mol. The highest BCUT2D eigenvalue weighted by atomic mass is 35.5. The molecule has 0 aliphatic rings. The molecule has 1 aromatic heterocycles. The van der Waals surface area contributed by atoms with E-state index in [1.54, 1.807) is 36.4 Å². The van der Waals surface area contributed by atoms with Crippen LogP contribution in [0.25, 0.3) is 11.4 Å². The van der Waals surface area contributed by atoms with Crippen LogP contribution in [0.3, 0.4) is 0 Å². The molecule has 1 heterocycles. The van der Waals surface area contributed by atoms with Crippen LogP contribution >= 0.6 is 11.6 Å². The van der Waals surface area contributed by atoms with Gasteiger partial charge in [0, 0.05) is 30.0 Å². The van der Waals surface area contributed by atoms with Crippen LogP contribution in [0.4, 0.5) is 8.78 Å². The zero-order valence-corrected chi connectivity index (χ0v) is 17.4. The quantitative estimate of drug-likeness (QED) is 0.495. The number of nitrogens with one attached hydrogen (secondary N) is 1. The van der Waals surface area contributed by atoms with Gasteiger partial charge >= 0.3 is 6.61 Å². The molecule has 0 bridgehead atoms. The Hall–Kier alpha value is -3.20. The molecule has 0 unspecified atom stereocenters. The van der Waals surface area contributed by atoms with E-state index in [-0.39, 0.29) is 23.8 Å². The minimum Gasteiger partial charge on any atom is -0.493 e. The molecule has 164 valence electrons. The molecule has 0 saturated heterocycles. The maximum atomic E-state index is 12.5. The molecule has 10 heteroatoms. The SMILES string of the molecule is COc1ccc(CCNC(=O)CCc2nc(-c3ccc(Cl)cc3)no2)cc1OC(F)F. The Morgan fingerprint density at radius 3 is 2.65 bits per heavy atom. The summed E-state index contributed by atoms with van der Waals surface area (Å²) in [7, 11) is 1.37. The van der Waals surface area contributed by atoms with Crippen LogP contribution in [0.2, 0.25) is 5.02 Å². The molecule has 3 rings (SSSR count). The highest BCUT2D eigenvalue weighted by molar-refractivity contribution is 6.30. The first-order valence-corrected chi connectivity index (χ1v) is 9.79. The number of alkyl halides is 2. The fourth-order valence-corrected chi connectivity index (χ4v) is 2.92. The summed E-state index contributed by atoms with van der Waals surface area (Å²) in [5.41, 5.74) is 1.49.